The molecule has 0 spiro atoms. The lowest BCUT2D eigenvalue weighted by atomic mass is 9.91. The van der Waals surface area contributed by atoms with Crippen molar-refractivity contribution < 1.29 is 9.53 Å². The SMILES string of the molecule is CCCC(Cc1ccccc1)C(C)OC(=O)CC. The van der Waals surface area contributed by atoms with Crippen LogP contribution in [0.25, 0.3) is 0 Å². The van der Waals surface area contributed by atoms with Crippen LogP contribution in [-0.4, -0.2) is 12.1 Å². The monoisotopic (exact) mass is 248 g/mol. The van der Waals surface area contributed by atoms with Gasteiger partial charge >= 0.3 is 5.97 Å². The quantitative estimate of drug-likeness (QED) is 0.682. The zero-order chi connectivity index (χ0) is 13.4. The molecule has 0 saturated carbocycles. The summed E-state index contributed by atoms with van der Waals surface area (Å²) in [6.07, 6.45) is 3.64. The summed E-state index contributed by atoms with van der Waals surface area (Å²) in [6.45, 7) is 6.02. The Kier molecular flexibility index (Phi) is 6.48. The second kappa shape index (κ2) is 7.91. The van der Waals surface area contributed by atoms with Crippen molar-refractivity contribution in [2.45, 2.75) is 52.6 Å². The van der Waals surface area contributed by atoms with E-state index in [2.05, 4.69) is 31.2 Å². The van der Waals surface area contributed by atoms with E-state index in [1.807, 2.05) is 19.9 Å². The van der Waals surface area contributed by atoms with E-state index >= 15 is 0 Å². The molecule has 1 aromatic carbocycles. The van der Waals surface area contributed by atoms with Crippen molar-refractivity contribution >= 4 is 5.97 Å². The third kappa shape index (κ3) is 4.91. The number of ether oxygens (including phenoxy) is 1. The van der Waals surface area contributed by atoms with E-state index in [0.717, 1.165) is 19.3 Å². The summed E-state index contributed by atoms with van der Waals surface area (Å²) in [7, 11) is 0. The van der Waals surface area contributed by atoms with E-state index in [4.69, 9.17) is 4.74 Å². The standard InChI is InChI=1S/C16H24O2/c1-4-9-15(13(3)18-16(17)5-2)12-14-10-7-6-8-11-14/h6-8,10-11,13,15H,4-5,9,12H2,1-3H3. The number of carbonyl (C=O) groups is 1. The van der Waals surface area contributed by atoms with Gasteiger partial charge in [-0.05, 0) is 31.2 Å². The van der Waals surface area contributed by atoms with E-state index in [0.29, 0.717) is 12.3 Å². The lowest BCUT2D eigenvalue weighted by Crippen LogP contribution is -2.25. The van der Waals surface area contributed by atoms with Crippen LogP contribution in [0.15, 0.2) is 30.3 Å². The smallest absolute Gasteiger partial charge is 0.305 e. The summed E-state index contributed by atoms with van der Waals surface area (Å²) in [4.78, 5) is 11.4. The first-order valence-corrected chi connectivity index (χ1v) is 6.90. The number of rotatable bonds is 7. The van der Waals surface area contributed by atoms with Crippen LogP contribution in [0.4, 0.5) is 0 Å². The molecule has 100 valence electrons. The molecular weight excluding hydrogens is 224 g/mol. The fraction of sp³-hybridized carbons (Fsp3) is 0.562. The molecule has 0 fully saturated rings. The molecule has 2 unspecified atom stereocenters. The second-order valence-electron chi connectivity index (χ2n) is 4.79. The Bertz CT molecular complexity index is 345. The molecule has 0 saturated heterocycles. The number of benzene rings is 1. The van der Waals surface area contributed by atoms with Crippen LogP contribution >= 0.6 is 0 Å². The topological polar surface area (TPSA) is 26.3 Å². The molecule has 1 aromatic rings. The van der Waals surface area contributed by atoms with Crippen molar-refractivity contribution in [3.8, 4) is 0 Å². The predicted molar refractivity (Wildman–Crippen MR) is 74.4 cm³/mol. The zero-order valence-corrected chi connectivity index (χ0v) is 11.7. The van der Waals surface area contributed by atoms with Gasteiger partial charge in [0.2, 0.25) is 0 Å². The first kappa shape index (κ1) is 14.7. The summed E-state index contributed by atoms with van der Waals surface area (Å²) >= 11 is 0. The predicted octanol–water partition coefficient (Wildman–Crippen LogP) is 3.99. The van der Waals surface area contributed by atoms with Crippen LogP contribution in [0.3, 0.4) is 0 Å². The number of hydrogen-bond acceptors (Lipinski definition) is 2. The molecule has 0 aromatic heterocycles. The van der Waals surface area contributed by atoms with E-state index < -0.39 is 0 Å². The average Bonchev–Trinajstić information content (AvgIpc) is 2.39. The lowest BCUT2D eigenvalue weighted by Gasteiger charge is -2.23. The molecule has 2 nitrogen and oxygen atoms in total. The largest absolute Gasteiger partial charge is 0.462 e. The molecule has 0 amide bonds. The second-order valence-corrected chi connectivity index (χ2v) is 4.79. The van der Waals surface area contributed by atoms with Gasteiger partial charge in [-0.2, -0.15) is 0 Å². The summed E-state index contributed by atoms with van der Waals surface area (Å²) in [6, 6.07) is 10.4. The van der Waals surface area contributed by atoms with E-state index in [1.165, 1.54) is 5.56 Å². The summed E-state index contributed by atoms with van der Waals surface area (Å²) in [5.74, 6) is 0.310. The molecule has 0 aliphatic rings. The fourth-order valence-electron chi connectivity index (χ4n) is 2.18. The van der Waals surface area contributed by atoms with Gasteiger partial charge in [0, 0.05) is 6.42 Å². The Hall–Kier alpha value is -1.31. The van der Waals surface area contributed by atoms with Gasteiger partial charge in [0.25, 0.3) is 0 Å². The van der Waals surface area contributed by atoms with Gasteiger partial charge in [-0.25, -0.2) is 0 Å². The Morgan fingerprint density at radius 2 is 1.89 bits per heavy atom. The Balaban J connectivity index is 2.61. The Morgan fingerprint density at radius 1 is 1.22 bits per heavy atom. The van der Waals surface area contributed by atoms with Gasteiger partial charge in [-0.1, -0.05) is 50.6 Å². The number of esters is 1. The lowest BCUT2D eigenvalue weighted by molar-refractivity contribution is -0.150. The van der Waals surface area contributed by atoms with Crippen LogP contribution in [0.2, 0.25) is 0 Å². The molecule has 2 heteroatoms. The molecular formula is C16H24O2. The minimum atomic E-state index is -0.100. The van der Waals surface area contributed by atoms with Crippen molar-refractivity contribution in [1.29, 1.82) is 0 Å². The molecule has 2 atom stereocenters. The highest BCUT2D eigenvalue weighted by molar-refractivity contribution is 5.69. The van der Waals surface area contributed by atoms with Crippen LogP contribution in [0.5, 0.6) is 0 Å². The van der Waals surface area contributed by atoms with Crippen LogP contribution in [-0.2, 0) is 16.0 Å². The van der Waals surface area contributed by atoms with Gasteiger partial charge in [0.1, 0.15) is 6.10 Å². The number of hydrogen-bond donors (Lipinski definition) is 0. The fourth-order valence-corrected chi connectivity index (χ4v) is 2.18. The third-order valence-electron chi connectivity index (χ3n) is 3.27. The minimum Gasteiger partial charge on any atom is -0.462 e. The van der Waals surface area contributed by atoms with Gasteiger partial charge < -0.3 is 4.74 Å². The molecule has 18 heavy (non-hydrogen) atoms. The zero-order valence-electron chi connectivity index (χ0n) is 11.7. The van der Waals surface area contributed by atoms with Crippen molar-refractivity contribution in [3.63, 3.8) is 0 Å². The average molecular weight is 248 g/mol. The third-order valence-corrected chi connectivity index (χ3v) is 3.27. The number of carbonyl (C=O) groups excluding carboxylic acids is 1. The summed E-state index contributed by atoms with van der Waals surface area (Å²) < 4.78 is 5.45. The molecule has 0 N–H and O–H groups in total. The van der Waals surface area contributed by atoms with Crippen LogP contribution in [0, 0.1) is 5.92 Å². The highest BCUT2D eigenvalue weighted by Crippen LogP contribution is 2.20. The van der Waals surface area contributed by atoms with Gasteiger partial charge in [0.15, 0.2) is 0 Å². The van der Waals surface area contributed by atoms with E-state index in [-0.39, 0.29) is 12.1 Å². The van der Waals surface area contributed by atoms with Crippen molar-refractivity contribution in [2.24, 2.45) is 5.92 Å². The summed E-state index contributed by atoms with van der Waals surface area (Å²) in [5.41, 5.74) is 1.32. The van der Waals surface area contributed by atoms with E-state index in [1.54, 1.807) is 0 Å². The van der Waals surface area contributed by atoms with Crippen molar-refractivity contribution in [2.75, 3.05) is 0 Å². The molecule has 0 heterocycles. The normalized spacial score (nSPS) is 13.9. The van der Waals surface area contributed by atoms with E-state index in [9.17, 15) is 4.79 Å². The Morgan fingerprint density at radius 3 is 2.44 bits per heavy atom. The first-order valence-electron chi connectivity index (χ1n) is 6.90. The van der Waals surface area contributed by atoms with Crippen molar-refractivity contribution in [3.05, 3.63) is 35.9 Å². The maximum atomic E-state index is 11.4. The highest BCUT2D eigenvalue weighted by atomic mass is 16.5. The Labute approximate surface area is 110 Å². The van der Waals surface area contributed by atoms with Crippen molar-refractivity contribution in [1.82, 2.24) is 0 Å². The minimum absolute atomic E-state index is 0.00222. The molecule has 0 aliphatic heterocycles. The molecule has 0 aliphatic carbocycles. The maximum Gasteiger partial charge on any atom is 0.305 e. The van der Waals surface area contributed by atoms with Gasteiger partial charge in [-0.15, -0.1) is 0 Å². The van der Waals surface area contributed by atoms with Crippen LogP contribution in [0.1, 0.15) is 45.6 Å². The highest BCUT2D eigenvalue weighted by Gasteiger charge is 2.20. The van der Waals surface area contributed by atoms with Gasteiger partial charge in [0.05, 0.1) is 0 Å². The van der Waals surface area contributed by atoms with Gasteiger partial charge in [-0.3, -0.25) is 4.79 Å². The summed E-state index contributed by atoms with van der Waals surface area (Å²) in [5, 5.41) is 0. The van der Waals surface area contributed by atoms with Crippen LogP contribution < -0.4 is 0 Å². The molecule has 0 bridgehead atoms. The maximum absolute atomic E-state index is 11.4. The molecule has 0 radical (unpaired) electrons. The first-order chi connectivity index (χ1) is 8.67. The molecule has 1 rings (SSSR count).